The fourth-order valence-corrected chi connectivity index (χ4v) is 2.92. The molecular formula is C23H18ClNO. The van der Waals surface area contributed by atoms with E-state index in [1.807, 2.05) is 72.8 Å². The Bertz CT molecular complexity index is 887. The maximum atomic E-state index is 12.8. The van der Waals surface area contributed by atoms with E-state index in [4.69, 9.17) is 11.6 Å². The van der Waals surface area contributed by atoms with Gasteiger partial charge in [0.05, 0.1) is 12.5 Å². The molecule has 0 heterocycles. The van der Waals surface area contributed by atoms with E-state index in [1.165, 1.54) is 0 Å². The van der Waals surface area contributed by atoms with Crippen LogP contribution in [0.15, 0.2) is 84.9 Å². The summed E-state index contributed by atoms with van der Waals surface area (Å²) in [4.78, 5) is 12.8. The van der Waals surface area contributed by atoms with E-state index in [9.17, 15) is 4.79 Å². The zero-order valence-corrected chi connectivity index (χ0v) is 14.9. The van der Waals surface area contributed by atoms with Crippen LogP contribution in [0.4, 0.5) is 0 Å². The van der Waals surface area contributed by atoms with Crippen LogP contribution < -0.4 is 5.32 Å². The minimum Gasteiger partial charge on any atom is -0.344 e. The Labute approximate surface area is 158 Å². The second-order valence-electron chi connectivity index (χ2n) is 5.78. The van der Waals surface area contributed by atoms with E-state index in [1.54, 1.807) is 12.1 Å². The Morgan fingerprint density at radius 2 is 1.50 bits per heavy atom. The molecule has 0 saturated heterocycles. The van der Waals surface area contributed by atoms with Crippen molar-refractivity contribution in [1.29, 1.82) is 0 Å². The van der Waals surface area contributed by atoms with Gasteiger partial charge in [-0.15, -0.1) is 0 Å². The summed E-state index contributed by atoms with van der Waals surface area (Å²) in [5.41, 5.74) is 2.74. The van der Waals surface area contributed by atoms with Crippen molar-refractivity contribution in [3.05, 3.63) is 107 Å². The summed E-state index contributed by atoms with van der Waals surface area (Å²) in [6.45, 7) is 0.279. The van der Waals surface area contributed by atoms with E-state index in [2.05, 4.69) is 17.2 Å². The van der Waals surface area contributed by atoms with Crippen LogP contribution in [0, 0.1) is 11.8 Å². The number of carbonyl (C=O) groups excluding carboxylic acids is 1. The zero-order valence-electron chi connectivity index (χ0n) is 14.2. The summed E-state index contributed by atoms with van der Waals surface area (Å²) in [5, 5.41) is 3.57. The van der Waals surface area contributed by atoms with E-state index >= 15 is 0 Å². The topological polar surface area (TPSA) is 29.1 Å². The van der Waals surface area contributed by atoms with Gasteiger partial charge in [-0.2, -0.15) is 0 Å². The molecule has 0 bridgehead atoms. The van der Waals surface area contributed by atoms with Gasteiger partial charge in [0.15, 0.2) is 0 Å². The fourth-order valence-electron chi connectivity index (χ4n) is 2.73. The predicted octanol–water partition coefficient (Wildman–Crippen LogP) is 4.64. The number of halogens is 1. The van der Waals surface area contributed by atoms with Crippen molar-refractivity contribution in [3.63, 3.8) is 0 Å². The van der Waals surface area contributed by atoms with Gasteiger partial charge < -0.3 is 5.32 Å². The Balaban J connectivity index is 1.73. The van der Waals surface area contributed by atoms with Crippen LogP contribution in [0.3, 0.4) is 0 Å². The smallest absolute Gasteiger partial charge is 0.232 e. The molecule has 0 fully saturated rings. The van der Waals surface area contributed by atoms with Crippen molar-refractivity contribution >= 4 is 17.5 Å². The van der Waals surface area contributed by atoms with E-state index in [0.717, 1.165) is 16.7 Å². The lowest BCUT2D eigenvalue weighted by molar-refractivity contribution is -0.121. The first-order chi connectivity index (χ1) is 12.7. The summed E-state index contributed by atoms with van der Waals surface area (Å²) in [7, 11) is 0. The highest BCUT2D eigenvalue weighted by Crippen LogP contribution is 2.24. The van der Waals surface area contributed by atoms with Gasteiger partial charge >= 0.3 is 0 Å². The summed E-state index contributed by atoms with van der Waals surface area (Å²) < 4.78 is 0. The number of hydrogen-bond donors (Lipinski definition) is 1. The molecule has 0 aliphatic rings. The molecule has 0 atom stereocenters. The molecule has 128 valence electrons. The Morgan fingerprint density at radius 3 is 2.08 bits per heavy atom. The first kappa shape index (κ1) is 17.8. The minimum absolute atomic E-state index is 0.0669. The molecule has 3 rings (SSSR count). The van der Waals surface area contributed by atoms with Crippen molar-refractivity contribution in [2.45, 2.75) is 5.92 Å². The van der Waals surface area contributed by atoms with Crippen molar-refractivity contribution < 1.29 is 4.79 Å². The maximum absolute atomic E-state index is 12.8. The Hall–Kier alpha value is -3.02. The molecule has 0 spiro atoms. The third-order valence-corrected chi connectivity index (χ3v) is 4.17. The molecule has 3 aromatic rings. The lowest BCUT2D eigenvalue weighted by Gasteiger charge is -2.17. The highest BCUT2D eigenvalue weighted by atomic mass is 35.5. The number of rotatable bonds is 4. The Morgan fingerprint density at radius 1 is 0.885 bits per heavy atom. The first-order valence-corrected chi connectivity index (χ1v) is 8.74. The first-order valence-electron chi connectivity index (χ1n) is 8.36. The van der Waals surface area contributed by atoms with Crippen molar-refractivity contribution in [1.82, 2.24) is 5.32 Å². The Kier molecular flexibility index (Phi) is 6.09. The monoisotopic (exact) mass is 359 g/mol. The van der Waals surface area contributed by atoms with Crippen LogP contribution in [0.5, 0.6) is 0 Å². The number of amides is 1. The molecule has 0 aromatic heterocycles. The van der Waals surface area contributed by atoms with Crippen LogP contribution in [-0.4, -0.2) is 12.5 Å². The standard InChI is InChI=1S/C23H18ClNO/c24-21-15-7-9-18(17-21)10-8-16-25-23(26)22(19-11-3-1-4-12-19)20-13-5-2-6-14-20/h1-7,9,11-15,17,22H,16H2,(H,25,26). The van der Waals surface area contributed by atoms with Crippen molar-refractivity contribution in [2.24, 2.45) is 0 Å². The van der Waals surface area contributed by atoms with Crippen LogP contribution in [0.2, 0.25) is 5.02 Å². The molecule has 0 aliphatic carbocycles. The molecule has 0 saturated carbocycles. The molecule has 1 N–H and O–H groups in total. The molecule has 26 heavy (non-hydrogen) atoms. The second-order valence-corrected chi connectivity index (χ2v) is 6.22. The molecule has 1 amide bonds. The maximum Gasteiger partial charge on any atom is 0.232 e. The number of hydrogen-bond acceptors (Lipinski definition) is 1. The fraction of sp³-hybridized carbons (Fsp3) is 0.0870. The van der Waals surface area contributed by atoms with Gasteiger partial charge in [-0.05, 0) is 29.3 Å². The van der Waals surface area contributed by atoms with Gasteiger partial charge in [0.2, 0.25) is 5.91 Å². The highest BCUT2D eigenvalue weighted by molar-refractivity contribution is 6.30. The van der Waals surface area contributed by atoms with Crippen LogP contribution in [-0.2, 0) is 4.79 Å². The normalized spacial score (nSPS) is 10.1. The van der Waals surface area contributed by atoms with Crippen molar-refractivity contribution in [3.8, 4) is 11.8 Å². The van der Waals surface area contributed by atoms with Crippen LogP contribution >= 0.6 is 11.6 Å². The van der Waals surface area contributed by atoms with E-state index in [0.29, 0.717) is 5.02 Å². The average Bonchev–Trinajstić information content (AvgIpc) is 2.67. The minimum atomic E-state index is -0.356. The van der Waals surface area contributed by atoms with Gasteiger partial charge in [-0.1, -0.05) is 90.2 Å². The second kappa shape index (κ2) is 8.89. The highest BCUT2D eigenvalue weighted by Gasteiger charge is 2.21. The van der Waals surface area contributed by atoms with Crippen LogP contribution in [0.25, 0.3) is 0 Å². The van der Waals surface area contributed by atoms with Crippen molar-refractivity contribution in [2.75, 3.05) is 6.54 Å². The third kappa shape index (κ3) is 4.75. The SMILES string of the molecule is O=C(NCC#Cc1cccc(Cl)c1)C(c1ccccc1)c1ccccc1. The van der Waals surface area contributed by atoms with Gasteiger partial charge in [0, 0.05) is 10.6 Å². The van der Waals surface area contributed by atoms with E-state index in [-0.39, 0.29) is 18.4 Å². The summed E-state index contributed by atoms with van der Waals surface area (Å²) in [5.74, 6) is 5.56. The predicted molar refractivity (Wildman–Crippen MR) is 106 cm³/mol. The zero-order chi connectivity index (χ0) is 18.2. The largest absolute Gasteiger partial charge is 0.344 e. The van der Waals surface area contributed by atoms with E-state index < -0.39 is 0 Å². The quantitative estimate of drug-likeness (QED) is 0.675. The van der Waals surface area contributed by atoms with Gasteiger partial charge in [0.25, 0.3) is 0 Å². The molecular weight excluding hydrogens is 342 g/mol. The molecule has 0 radical (unpaired) electrons. The average molecular weight is 360 g/mol. The van der Waals surface area contributed by atoms with Gasteiger partial charge in [-0.25, -0.2) is 0 Å². The molecule has 3 aromatic carbocycles. The van der Waals surface area contributed by atoms with Crippen LogP contribution in [0.1, 0.15) is 22.6 Å². The lowest BCUT2D eigenvalue weighted by Crippen LogP contribution is -2.30. The van der Waals surface area contributed by atoms with Gasteiger partial charge in [-0.3, -0.25) is 4.79 Å². The van der Waals surface area contributed by atoms with Gasteiger partial charge in [0.1, 0.15) is 0 Å². The summed E-state index contributed by atoms with van der Waals surface area (Å²) >= 11 is 5.95. The molecule has 2 nitrogen and oxygen atoms in total. The number of nitrogens with one attached hydrogen (secondary N) is 1. The molecule has 0 aliphatic heterocycles. The summed E-state index contributed by atoms with van der Waals surface area (Å²) in [6.07, 6.45) is 0. The number of carbonyl (C=O) groups is 1. The third-order valence-electron chi connectivity index (χ3n) is 3.94. The lowest BCUT2D eigenvalue weighted by atomic mass is 9.90. The number of benzene rings is 3. The molecule has 3 heteroatoms. The molecule has 0 unspecified atom stereocenters. The summed E-state index contributed by atoms with van der Waals surface area (Å²) in [6, 6.07) is 26.9.